The average Bonchev–Trinajstić information content (AvgIpc) is 3.39. The first kappa shape index (κ1) is 25.7. The van der Waals surface area contributed by atoms with Gasteiger partial charge in [0, 0.05) is 36.6 Å². The number of piperidine rings is 1. The van der Waals surface area contributed by atoms with Crippen LogP contribution in [0, 0.1) is 0 Å². The highest BCUT2D eigenvalue weighted by atomic mass is 16.5. The number of esters is 1. The molecule has 2 aliphatic rings. The van der Waals surface area contributed by atoms with E-state index in [1.807, 2.05) is 79.0 Å². The summed E-state index contributed by atoms with van der Waals surface area (Å²) in [6.07, 6.45) is 3.76. The fraction of sp³-hybridized carbons (Fsp3) is 0.281. The standard InChI is InChI=1S/C32H32N4O4/c37-29-19-23-10-4-6-12-26(23)32(35-29)14-16-36(17-15-32)31(39)34-28(30(38)40-21-22-8-2-1-3-9-22)18-24-20-33-27-13-7-5-11-25(24)27/h1-13,20,28,33H,14-19,21H2,(H,34,39)(H,35,37)/t28-/m1/s1. The normalized spacial score (nSPS) is 16.7. The number of amides is 3. The highest BCUT2D eigenvalue weighted by Gasteiger charge is 2.42. The Kier molecular flexibility index (Phi) is 6.99. The number of benzene rings is 3. The summed E-state index contributed by atoms with van der Waals surface area (Å²) in [5.74, 6) is -0.471. The van der Waals surface area contributed by atoms with E-state index in [1.165, 1.54) is 0 Å². The van der Waals surface area contributed by atoms with E-state index in [2.05, 4.69) is 21.7 Å². The number of rotatable bonds is 6. The number of fused-ring (bicyclic) bond motifs is 3. The molecule has 4 aromatic rings. The Hall–Kier alpha value is -4.59. The van der Waals surface area contributed by atoms with Crippen molar-refractivity contribution in [1.82, 2.24) is 20.5 Å². The third-order valence-corrected chi connectivity index (χ3v) is 8.07. The molecule has 0 unspecified atom stereocenters. The Labute approximate surface area is 232 Å². The molecule has 6 rings (SSSR count). The summed E-state index contributed by atoms with van der Waals surface area (Å²) in [5, 5.41) is 7.17. The van der Waals surface area contributed by atoms with Crippen LogP contribution in [0.1, 0.15) is 35.1 Å². The summed E-state index contributed by atoms with van der Waals surface area (Å²) in [6.45, 7) is 1.05. The number of urea groups is 1. The first-order valence-electron chi connectivity index (χ1n) is 13.7. The van der Waals surface area contributed by atoms with E-state index >= 15 is 0 Å². The molecule has 3 amide bonds. The average molecular weight is 537 g/mol. The molecule has 204 valence electrons. The summed E-state index contributed by atoms with van der Waals surface area (Å²) in [7, 11) is 0. The van der Waals surface area contributed by atoms with Crippen molar-refractivity contribution in [3.8, 4) is 0 Å². The maximum absolute atomic E-state index is 13.5. The number of carbonyl (C=O) groups is 3. The lowest BCUT2D eigenvalue weighted by molar-refractivity contribution is -0.147. The molecule has 8 nitrogen and oxygen atoms in total. The second-order valence-electron chi connectivity index (χ2n) is 10.6. The molecule has 0 bridgehead atoms. The Morgan fingerprint density at radius 3 is 2.50 bits per heavy atom. The van der Waals surface area contributed by atoms with Gasteiger partial charge < -0.3 is 25.3 Å². The van der Waals surface area contributed by atoms with E-state index in [0.29, 0.717) is 38.8 Å². The molecule has 3 N–H and O–H groups in total. The van der Waals surface area contributed by atoms with Crippen LogP contribution in [0.25, 0.3) is 10.9 Å². The Balaban J connectivity index is 1.16. The zero-order chi connectivity index (χ0) is 27.5. The maximum Gasteiger partial charge on any atom is 0.329 e. The van der Waals surface area contributed by atoms with E-state index in [4.69, 9.17) is 4.74 Å². The van der Waals surface area contributed by atoms with Crippen LogP contribution in [-0.2, 0) is 39.3 Å². The van der Waals surface area contributed by atoms with Crippen LogP contribution in [0.4, 0.5) is 4.79 Å². The zero-order valence-corrected chi connectivity index (χ0v) is 22.2. The molecular formula is C32H32N4O4. The van der Waals surface area contributed by atoms with Crippen molar-refractivity contribution in [3.05, 3.63) is 107 Å². The van der Waals surface area contributed by atoms with Crippen LogP contribution in [-0.4, -0.2) is 46.9 Å². The lowest BCUT2D eigenvalue weighted by Gasteiger charge is -2.45. The van der Waals surface area contributed by atoms with Crippen LogP contribution in [0.3, 0.4) is 0 Å². The first-order valence-corrected chi connectivity index (χ1v) is 13.7. The molecular weight excluding hydrogens is 504 g/mol. The molecule has 1 spiro atoms. The highest BCUT2D eigenvalue weighted by Crippen LogP contribution is 2.37. The lowest BCUT2D eigenvalue weighted by Crippen LogP contribution is -2.59. The predicted octanol–water partition coefficient (Wildman–Crippen LogP) is 4.20. The van der Waals surface area contributed by atoms with Crippen molar-refractivity contribution in [3.63, 3.8) is 0 Å². The number of hydrogen-bond donors (Lipinski definition) is 3. The molecule has 2 aliphatic heterocycles. The van der Waals surface area contributed by atoms with Crippen LogP contribution in [0.2, 0.25) is 0 Å². The minimum absolute atomic E-state index is 0.0107. The third kappa shape index (κ3) is 5.17. The molecule has 1 fully saturated rings. The second kappa shape index (κ2) is 10.9. The van der Waals surface area contributed by atoms with E-state index in [0.717, 1.165) is 33.2 Å². The first-order chi connectivity index (χ1) is 19.5. The summed E-state index contributed by atoms with van der Waals surface area (Å²) in [5.41, 5.74) is 4.48. The van der Waals surface area contributed by atoms with Crippen molar-refractivity contribution in [1.29, 1.82) is 0 Å². The van der Waals surface area contributed by atoms with Crippen LogP contribution in [0.15, 0.2) is 85.1 Å². The van der Waals surface area contributed by atoms with Crippen LogP contribution >= 0.6 is 0 Å². The molecule has 1 saturated heterocycles. The quantitative estimate of drug-likeness (QED) is 0.322. The number of hydrogen-bond acceptors (Lipinski definition) is 4. The van der Waals surface area contributed by atoms with E-state index in [1.54, 1.807) is 4.90 Å². The number of likely N-dealkylation sites (tertiary alicyclic amines) is 1. The Bertz CT molecular complexity index is 1540. The molecule has 8 heteroatoms. The second-order valence-corrected chi connectivity index (χ2v) is 10.6. The van der Waals surface area contributed by atoms with E-state index in [-0.39, 0.29) is 18.5 Å². The van der Waals surface area contributed by atoms with E-state index in [9.17, 15) is 14.4 Å². The molecule has 0 saturated carbocycles. The predicted molar refractivity (Wildman–Crippen MR) is 151 cm³/mol. The van der Waals surface area contributed by atoms with Gasteiger partial charge in [-0.15, -0.1) is 0 Å². The van der Waals surface area contributed by atoms with Gasteiger partial charge >= 0.3 is 12.0 Å². The van der Waals surface area contributed by atoms with Gasteiger partial charge in [-0.05, 0) is 41.2 Å². The van der Waals surface area contributed by atoms with Gasteiger partial charge in [-0.3, -0.25) is 4.79 Å². The van der Waals surface area contributed by atoms with Gasteiger partial charge in [0.25, 0.3) is 0 Å². The maximum atomic E-state index is 13.5. The van der Waals surface area contributed by atoms with Gasteiger partial charge in [0.05, 0.1) is 12.0 Å². The van der Waals surface area contributed by atoms with Gasteiger partial charge in [0.2, 0.25) is 5.91 Å². The van der Waals surface area contributed by atoms with Gasteiger partial charge in [0.15, 0.2) is 0 Å². The minimum atomic E-state index is -0.860. The number of ether oxygens (including phenoxy) is 1. The fourth-order valence-corrected chi connectivity index (χ4v) is 5.96. The van der Waals surface area contributed by atoms with Crippen LogP contribution in [0.5, 0.6) is 0 Å². The van der Waals surface area contributed by atoms with Crippen molar-refractivity contribution < 1.29 is 19.1 Å². The number of para-hydroxylation sites is 1. The van der Waals surface area contributed by atoms with Gasteiger partial charge in [0.1, 0.15) is 12.6 Å². The zero-order valence-electron chi connectivity index (χ0n) is 22.2. The number of nitrogens with zero attached hydrogens (tertiary/aromatic N) is 1. The van der Waals surface area contributed by atoms with Crippen molar-refractivity contribution in [2.75, 3.05) is 13.1 Å². The minimum Gasteiger partial charge on any atom is -0.459 e. The highest BCUT2D eigenvalue weighted by molar-refractivity contribution is 5.87. The number of aromatic amines is 1. The molecule has 1 atom stereocenters. The van der Waals surface area contributed by atoms with Crippen LogP contribution < -0.4 is 10.6 Å². The molecule has 40 heavy (non-hydrogen) atoms. The summed E-state index contributed by atoms with van der Waals surface area (Å²) >= 11 is 0. The molecule has 1 aromatic heterocycles. The van der Waals surface area contributed by atoms with Crippen molar-refractivity contribution >= 4 is 28.8 Å². The van der Waals surface area contributed by atoms with Gasteiger partial charge in [-0.2, -0.15) is 0 Å². The smallest absolute Gasteiger partial charge is 0.329 e. The molecule has 3 aromatic carbocycles. The third-order valence-electron chi connectivity index (χ3n) is 8.07. The number of carbonyl (C=O) groups excluding carboxylic acids is 3. The van der Waals surface area contributed by atoms with Crippen molar-refractivity contribution in [2.45, 2.75) is 43.9 Å². The van der Waals surface area contributed by atoms with E-state index < -0.39 is 17.6 Å². The lowest BCUT2D eigenvalue weighted by atomic mass is 9.75. The SMILES string of the molecule is O=C1Cc2ccccc2C2(CCN(C(=O)N[C@H](Cc3c[nH]c4ccccc34)C(=O)OCc3ccccc3)CC2)N1. The topological polar surface area (TPSA) is 104 Å². The number of aromatic nitrogens is 1. The number of nitrogens with one attached hydrogen (secondary N) is 3. The monoisotopic (exact) mass is 536 g/mol. The van der Waals surface area contributed by atoms with Crippen molar-refractivity contribution in [2.24, 2.45) is 0 Å². The number of H-pyrrole nitrogens is 1. The molecule has 0 radical (unpaired) electrons. The molecule has 3 heterocycles. The largest absolute Gasteiger partial charge is 0.459 e. The van der Waals surface area contributed by atoms with Gasteiger partial charge in [-0.1, -0.05) is 72.8 Å². The fourth-order valence-electron chi connectivity index (χ4n) is 5.96. The summed E-state index contributed by atoms with van der Waals surface area (Å²) in [4.78, 5) is 44.2. The Morgan fingerprint density at radius 2 is 1.68 bits per heavy atom. The van der Waals surface area contributed by atoms with Gasteiger partial charge in [-0.25, -0.2) is 9.59 Å². The summed E-state index contributed by atoms with van der Waals surface area (Å²) < 4.78 is 5.65. The Morgan fingerprint density at radius 1 is 0.950 bits per heavy atom. The summed E-state index contributed by atoms with van der Waals surface area (Å²) in [6, 6.07) is 24.2. The molecule has 0 aliphatic carbocycles.